The van der Waals surface area contributed by atoms with E-state index in [2.05, 4.69) is 26.6 Å². The van der Waals surface area contributed by atoms with Gasteiger partial charge in [0.1, 0.15) is 5.82 Å². The third-order valence-corrected chi connectivity index (χ3v) is 9.35. The smallest absolute Gasteiger partial charge is 0.236 e. The predicted octanol–water partition coefficient (Wildman–Crippen LogP) is 4.40. The fourth-order valence-corrected chi connectivity index (χ4v) is 7.34. The summed E-state index contributed by atoms with van der Waals surface area (Å²) in [5.74, 6) is -0.205. The largest absolute Gasteiger partial charge is 0.384 e. The first-order chi connectivity index (χ1) is 17.0. The molecule has 9 nitrogen and oxygen atoms in total. The van der Waals surface area contributed by atoms with E-state index in [0.29, 0.717) is 45.0 Å². The lowest BCUT2D eigenvalue weighted by atomic mass is 9.78. The molecule has 35 heavy (non-hydrogen) atoms. The van der Waals surface area contributed by atoms with Crippen molar-refractivity contribution in [3.8, 4) is 6.07 Å². The number of aryl methyl sites for hydroxylation is 1. The number of carbonyl (C=O) groups excluding carboxylic acids is 2. The molecular formula is C22H19N7O2S4. The van der Waals surface area contributed by atoms with Crippen molar-refractivity contribution < 1.29 is 9.59 Å². The minimum atomic E-state index is -0.464. The molecule has 0 aromatic carbocycles. The zero-order valence-corrected chi connectivity index (χ0v) is 21.7. The van der Waals surface area contributed by atoms with Crippen LogP contribution in [0.25, 0.3) is 0 Å². The number of Topliss-reactive ketones (excluding diaryl/α,β-unsaturated/α-hetero) is 1. The number of carbonyl (C=O) groups is 2. The van der Waals surface area contributed by atoms with Crippen molar-refractivity contribution in [3.63, 3.8) is 0 Å². The van der Waals surface area contributed by atoms with Crippen LogP contribution in [0.5, 0.6) is 0 Å². The number of amides is 1. The Morgan fingerprint density at radius 3 is 2.91 bits per heavy atom. The van der Waals surface area contributed by atoms with Crippen LogP contribution in [0.2, 0.25) is 0 Å². The van der Waals surface area contributed by atoms with E-state index < -0.39 is 5.92 Å². The fraction of sp³-hybridized carbons (Fsp3) is 0.273. The number of nitrogens with zero attached hydrogens (tertiary/aromatic N) is 5. The Labute approximate surface area is 217 Å². The summed E-state index contributed by atoms with van der Waals surface area (Å²) in [7, 11) is 0. The summed E-state index contributed by atoms with van der Waals surface area (Å²) >= 11 is 5.44. The molecular weight excluding hydrogens is 523 g/mol. The van der Waals surface area contributed by atoms with Gasteiger partial charge in [0.05, 0.1) is 23.3 Å². The van der Waals surface area contributed by atoms with Gasteiger partial charge in [-0.25, -0.2) is 4.98 Å². The molecule has 0 radical (unpaired) electrons. The number of allylic oxidation sites excluding steroid dienone is 3. The van der Waals surface area contributed by atoms with Gasteiger partial charge in [-0.15, -0.1) is 32.9 Å². The number of nitriles is 1. The topological polar surface area (TPSA) is 138 Å². The van der Waals surface area contributed by atoms with Crippen LogP contribution >= 0.6 is 45.8 Å². The number of thiophene rings is 1. The molecule has 1 unspecified atom stereocenters. The molecule has 1 amide bonds. The second-order valence-corrected chi connectivity index (χ2v) is 12.2. The van der Waals surface area contributed by atoms with Crippen LogP contribution in [0.15, 0.2) is 50.7 Å². The van der Waals surface area contributed by atoms with Crippen LogP contribution in [0.3, 0.4) is 0 Å². The molecule has 3 N–H and O–H groups in total. The lowest BCUT2D eigenvalue weighted by Crippen LogP contribution is -2.38. The quantitative estimate of drug-likeness (QED) is 0.435. The van der Waals surface area contributed by atoms with Gasteiger partial charge in [0.15, 0.2) is 15.3 Å². The van der Waals surface area contributed by atoms with Gasteiger partial charge in [0, 0.05) is 39.0 Å². The highest BCUT2D eigenvalue weighted by Gasteiger charge is 2.41. The van der Waals surface area contributed by atoms with E-state index in [1.807, 2.05) is 19.1 Å². The van der Waals surface area contributed by atoms with Crippen molar-refractivity contribution in [1.29, 1.82) is 5.26 Å². The van der Waals surface area contributed by atoms with Crippen molar-refractivity contribution in [1.82, 2.24) is 15.2 Å². The monoisotopic (exact) mass is 541 g/mol. The van der Waals surface area contributed by atoms with Crippen molar-refractivity contribution in [2.24, 2.45) is 5.73 Å². The Morgan fingerprint density at radius 1 is 1.34 bits per heavy atom. The highest BCUT2D eigenvalue weighted by atomic mass is 32.2. The van der Waals surface area contributed by atoms with E-state index in [-0.39, 0.29) is 23.3 Å². The van der Waals surface area contributed by atoms with Gasteiger partial charge in [-0.05, 0) is 31.9 Å². The van der Waals surface area contributed by atoms with E-state index in [9.17, 15) is 14.9 Å². The third kappa shape index (κ3) is 4.62. The first kappa shape index (κ1) is 23.7. The molecule has 1 atom stereocenters. The van der Waals surface area contributed by atoms with Gasteiger partial charge in [0.25, 0.3) is 0 Å². The Balaban J connectivity index is 1.44. The summed E-state index contributed by atoms with van der Waals surface area (Å²) in [6.45, 7) is 2.00. The van der Waals surface area contributed by atoms with E-state index in [4.69, 9.17) is 5.73 Å². The summed E-state index contributed by atoms with van der Waals surface area (Å²) in [6.07, 6.45) is 3.42. The first-order valence-electron chi connectivity index (χ1n) is 10.6. The number of hydrogen-bond donors (Lipinski definition) is 2. The van der Waals surface area contributed by atoms with Gasteiger partial charge in [0.2, 0.25) is 11.0 Å². The van der Waals surface area contributed by atoms with E-state index in [1.165, 1.54) is 34.4 Å². The molecule has 0 fully saturated rings. The molecule has 0 bridgehead atoms. The standard InChI is InChI=1S/C22H19N7O2S4/c1-11-5-6-15(34-11)17-12(9-23)19(24)29(13-3-2-4-14(30)18(13)17)21-27-28-22(35-21)33-10-16(31)26-20-25-7-8-32-20/h5-8,17H,2-4,10,24H2,1H3,(H,25,26,31). The molecule has 0 spiro atoms. The van der Waals surface area contributed by atoms with Crippen LogP contribution in [0.1, 0.15) is 34.9 Å². The molecule has 5 rings (SSSR count). The molecule has 2 aliphatic rings. The Kier molecular flexibility index (Phi) is 6.70. The second kappa shape index (κ2) is 9.90. The Hall–Kier alpha value is -3.05. The number of thiazole rings is 1. The summed E-state index contributed by atoms with van der Waals surface area (Å²) < 4.78 is 0.584. The normalized spacial score (nSPS) is 18.0. The molecule has 13 heteroatoms. The summed E-state index contributed by atoms with van der Waals surface area (Å²) in [5.41, 5.74) is 8.31. The van der Waals surface area contributed by atoms with Crippen molar-refractivity contribution in [2.45, 2.75) is 36.4 Å². The molecule has 0 saturated heterocycles. The predicted molar refractivity (Wildman–Crippen MR) is 138 cm³/mol. The van der Waals surface area contributed by atoms with Gasteiger partial charge in [-0.3, -0.25) is 14.5 Å². The number of hydrogen-bond acceptors (Lipinski definition) is 12. The van der Waals surface area contributed by atoms with Crippen molar-refractivity contribution in [2.75, 3.05) is 16.0 Å². The lowest BCUT2D eigenvalue weighted by Gasteiger charge is -2.37. The maximum atomic E-state index is 13.1. The lowest BCUT2D eigenvalue weighted by molar-refractivity contribution is -0.116. The fourth-order valence-electron chi connectivity index (χ4n) is 4.12. The number of rotatable bonds is 6. The van der Waals surface area contributed by atoms with Crippen LogP contribution in [-0.4, -0.2) is 32.6 Å². The number of thioether (sulfide) groups is 1. The van der Waals surface area contributed by atoms with Gasteiger partial charge in [-0.2, -0.15) is 5.26 Å². The van der Waals surface area contributed by atoms with E-state index in [1.54, 1.807) is 27.8 Å². The van der Waals surface area contributed by atoms with Gasteiger partial charge in [-0.1, -0.05) is 23.1 Å². The molecule has 3 aromatic rings. The average molecular weight is 542 g/mol. The Morgan fingerprint density at radius 2 is 2.20 bits per heavy atom. The van der Waals surface area contributed by atoms with Crippen molar-refractivity contribution in [3.05, 3.63) is 56.1 Å². The number of aromatic nitrogens is 3. The number of ketones is 1. The minimum absolute atomic E-state index is 0.0329. The summed E-state index contributed by atoms with van der Waals surface area (Å²) in [4.78, 5) is 33.1. The Bertz CT molecular complexity index is 1400. The third-order valence-electron chi connectivity index (χ3n) is 5.55. The van der Waals surface area contributed by atoms with Crippen LogP contribution in [0.4, 0.5) is 10.3 Å². The number of anilines is 2. The maximum Gasteiger partial charge on any atom is 0.236 e. The average Bonchev–Trinajstić information content (AvgIpc) is 3.60. The van der Waals surface area contributed by atoms with Crippen molar-refractivity contribution >= 4 is 67.7 Å². The summed E-state index contributed by atoms with van der Waals surface area (Å²) in [5, 5.41) is 24.1. The maximum absolute atomic E-state index is 13.1. The highest BCUT2D eigenvalue weighted by molar-refractivity contribution is 8.01. The van der Waals surface area contributed by atoms with Gasteiger partial charge < -0.3 is 11.1 Å². The van der Waals surface area contributed by atoms with E-state index >= 15 is 0 Å². The summed E-state index contributed by atoms with van der Waals surface area (Å²) in [6, 6.07) is 6.22. The SMILES string of the molecule is Cc1ccc(C2C(C#N)=C(N)N(c3nnc(SCC(=O)Nc4nccs4)s3)C3=C2C(=O)CCC3)s1. The first-order valence-corrected chi connectivity index (χ1v) is 14.1. The van der Waals surface area contributed by atoms with Crippen LogP contribution in [0, 0.1) is 18.3 Å². The highest BCUT2D eigenvalue weighted by Crippen LogP contribution is 2.48. The molecule has 178 valence electrons. The van der Waals surface area contributed by atoms with Crippen LogP contribution in [-0.2, 0) is 9.59 Å². The van der Waals surface area contributed by atoms with E-state index in [0.717, 1.165) is 15.5 Å². The number of nitrogens with two attached hydrogens (primary N) is 1. The zero-order valence-electron chi connectivity index (χ0n) is 18.5. The molecule has 4 heterocycles. The second-order valence-electron chi connectivity index (χ2n) is 7.79. The zero-order chi connectivity index (χ0) is 24.5. The van der Waals surface area contributed by atoms with Crippen LogP contribution < -0.4 is 16.0 Å². The minimum Gasteiger partial charge on any atom is -0.384 e. The molecule has 1 aliphatic heterocycles. The molecule has 1 aliphatic carbocycles. The molecule has 3 aromatic heterocycles. The van der Waals surface area contributed by atoms with Gasteiger partial charge >= 0.3 is 0 Å². The number of nitrogens with one attached hydrogen (secondary N) is 1. The molecule has 0 saturated carbocycles.